The number of piperazine rings is 1. The molecule has 2 N–H and O–H groups in total. The van der Waals surface area contributed by atoms with Gasteiger partial charge in [-0.05, 0) is 54.6 Å². The van der Waals surface area contributed by atoms with Gasteiger partial charge in [-0.25, -0.2) is 9.37 Å². The van der Waals surface area contributed by atoms with E-state index in [1.54, 1.807) is 61.2 Å². The molecule has 42 heavy (non-hydrogen) atoms. The predicted octanol–water partition coefficient (Wildman–Crippen LogP) is 4.89. The molecular formula is C32H27FN6O3. The number of ether oxygens (including phenoxy) is 1. The topological polar surface area (TPSA) is 101 Å². The quantitative estimate of drug-likeness (QED) is 0.291. The van der Waals surface area contributed by atoms with Gasteiger partial charge in [-0.1, -0.05) is 18.2 Å². The van der Waals surface area contributed by atoms with Crippen LogP contribution in [-0.4, -0.2) is 46.6 Å². The molecule has 1 amide bonds. The molecule has 4 heterocycles. The number of hydrogen-bond donors (Lipinski definition) is 2. The van der Waals surface area contributed by atoms with Gasteiger partial charge in [0.25, 0.3) is 11.5 Å². The van der Waals surface area contributed by atoms with E-state index < -0.39 is 17.3 Å². The number of halogens is 1. The van der Waals surface area contributed by atoms with E-state index in [4.69, 9.17) is 4.74 Å². The molecule has 1 saturated heterocycles. The molecular weight excluding hydrogens is 535 g/mol. The van der Waals surface area contributed by atoms with Gasteiger partial charge < -0.3 is 20.3 Å². The molecule has 10 heteroatoms. The zero-order valence-electron chi connectivity index (χ0n) is 22.5. The highest BCUT2D eigenvalue weighted by atomic mass is 19.1. The number of amides is 1. The minimum absolute atomic E-state index is 0.0306. The number of carbonyl (C=O) groups is 1. The number of para-hydroxylation sites is 1. The van der Waals surface area contributed by atoms with Crippen molar-refractivity contribution in [2.75, 3.05) is 36.4 Å². The molecule has 0 bridgehead atoms. The molecule has 2 aromatic carbocycles. The van der Waals surface area contributed by atoms with Gasteiger partial charge in [0.1, 0.15) is 17.1 Å². The molecule has 0 atom stereocenters. The zero-order chi connectivity index (χ0) is 28.9. The minimum Gasteiger partial charge on any atom is -0.454 e. The molecule has 9 nitrogen and oxygen atoms in total. The van der Waals surface area contributed by atoms with Crippen molar-refractivity contribution < 1.29 is 13.9 Å². The Morgan fingerprint density at radius 3 is 2.52 bits per heavy atom. The van der Waals surface area contributed by atoms with Crippen LogP contribution in [0.4, 0.5) is 15.9 Å². The number of hydrogen-bond acceptors (Lipinski definition) is 7. The lowest BCUT2D eigenvalue weighted by Crippen LogP contribution is -2.43. The lowest BCUT2D eigenvalue weighted by atomic mass is 10.1. The van der Waals surface area contributed by atoms with Crippen molar-refractivity contribution in [1.29, 1.82) is 0 Å². The molecule has 5 aromatic rings. The van der Waals surface area contributed by atoms with E-state index >= 15 is 4.39 Å². The average molecular weight is 563 g/mol. The van der Waals surface area contributed by atoms with E-state index in [0.717, 1.165) is 43.6 Å². The van der Waals surface area contributed by atoms with Crippen molar-refractivity contribution in [3.05, 3.63) is 125 Å². The maximum absolute atomic E-state index is 15.2. The van der Waals surface area contributed by atoms with Crippen molar-refractivity contribution in [2.24, 2.45) is 0 Å². The monoisotopic (exact) mass is 562 g/mol. The lowest BCUT2D eigenvalue weighted by molar-refractivity contribution is 0.102. The van der Waals surface area contributed by atoms with Crippen LogP contribution in [0.25, 0.3) is 16.8 Å². The maximum atomic E-state index is 15.2. The van der Waals surface area contributed by atoms with Crippen molar-refractivity contribution in [3.63, 3.8) is 0 Å². The Kier molecular flexibility index (Phi) is 7.69. The van der Waals surface area contributed by atoms with Gasteiger partial charge in [-0.15, -0.1) is 0 Å². The van der Waals surface area contributed by atoms with Crippen molar-refractivity contribution in [1.82, 2.24) is 19.9 Å². The van der Waals surface area contributed by atoms with E-state index in [1.165, 1.54) is 22.8 Å². The molecule has 1 aliphatic heterocycles. The van der Waals surface area contributed by atoms with E-state index in [2.05, 4.69) is 25.5 Å². The summed E-state index contributed by atoms with van der Waals surface area (Å²) in [5, 5.41) is 5.93. The molecule has 0 aliphatic carbocycles. The van der Waals surface area contributed by atoms with Crippen LogP contribution in [0.1, 0.15) is 10.4 Å². The first-order valence-electron chi connectivity index (χ1n) is 13.5. The second-order valence-electron chi connectivity index (χ2n) is 9.65. The van der Waals surface area contributed by atoms with E-state index in [-0.39, 0.29) is 17.0 Å². The van der Waals surface area contributed by atoms with Crippen LogP contribution in [0, 0.1) is 5.82 Å². The van der Waals surface area contributed by atoms with Crippen LogP contribution in [0.3, 0.4) is 0 Å². The number of nitrogens with zero attached hydrogens (tertiary/aromatic N) is 4. The fraction of sp³-hybridized carbons (Fsp3) is 0.125. The summed E-state index contributed by atoms with van der Waals surface area (Å²) < 4.78 is 22.5. The second kappa shape index (κ2) is 12.0. The van der Waals surface area contributed by atoms with E-state index in [1.807, 2.05) is 18.2 Å². The number of aromatic nitrogens is 3. The number of anilines is 2. The maximum Gasteiger partial charge on any atom is 0.267 e. The van der Waals surface area contributed by atoms with E-state index in [9.17, 15) is 9.59 Å². The van der Waals surface area contributed by atoms with Gasteiger partial charge >= 0.3 is 0 Å². The number of nitrogens with one attached hydrogen (secondary N) is 2. The first-order chi connectivity index (χ1) is 20.6. The highest BCUT2D eigenvalue weighted by Crippen LogP contribution is 2.34. The SMILES string of the molecule is O=C(Nc1ccc(Oc2ccncc2-c2ccc(N3CCNCC3)nc2)c(F)c1)c1cccn(-c2ccccc2)c1=O. The Morgan fingerprint density at radius 1 is 0.929 bits per heavy atom. The first kappa shape index (κ1) is 26.9. The summed E-state index contributed by atoms with van der Waals surface area (Å²) in [5.74, 6) is -0.0612. The van der Waals surface area contributed by atoms with Gasteiger partial charge in [-0.2, -0.15) is 0 Å². The summed E-state index contributed by atoms with van der Waals surface area (Å²) in [6.45, 7) is 3.61. The Labute approximate surface area is 241 Å². The Hall–Kier alpha value is -5.35. The smallest absolute Gasteiger partial charge is 0.267 e. The lowest BCUT2D eigenvalue weighted by Gasteiger charge is -2.28. The summed E-state index contributed by atoms with van der Waals surface area (Å²) in [4.78, 5) is 36.9. The highest BCUT2D eigenvalue weighted by Gasteiger charge is 2.17. The van der Waals surface area contributed by atoms with Gasteiger partial charge in [0.15, 0.2) is 11.6 Å². The van der Waals surface area contributed by atoms with Gasteiger partial charge in [0.2, 0.25) is 0 Å². The van der Waals surface area contributed by atoms with Crippen LogP contribution in [0.2, 0.25) is 0 Å². The Balaban J connectivity index is 1.18. The summed E-state index contributed by atoms with van der Waals surface area (Å²) in [7, 11) is 0. The largest absolute Gasteiger partial charge is 0.454 e. The summed E-state index contributed by atoms with van der Waals surface area (Å²) in [5.41, 5.74) is 1.70. The van der Waals surface area contributed by atoms with Crippen LogP contribution in [-0.2, 0) is 0 Å². The second-order valence-corrected chi connectivity index (χ2v) is 9.65. The van der Waals surface area contributed by atoms with Crippen LogP contribution in [0.5, 0.6) is 11.5 Å². The number of rotatable bonds is 7. The third-order valence-corrected chi connectivity index (χ3v) is 6.92. The van der Waals surface area contributed by atoms with Crippen molar-refractivity contribution >= 4 is 17.4 Å². The van der Waals surface area contributed by atoms with Gasteiger partial charge in [-0.3, -0.25) is 19.1 Å². The third kappa shape index (κ3) is 5.74. The summed E-state index contributed by atoms with van der Waals surface area (Å²) in [6.07, 6.45) is 6.55. The predicted molar refractivity (Wildman–Crippen MR) is 159 cm³/mol. The number of carbonyl (C=O) groups excluding carboxylic acids is 1. The zero-order valence-corrected chi connectivity index (χ0v) is 22.5. The number of benzene rings is 2. The fourth-order valence-corrected chi connectivity index (χ4v) is 4.75. The van der Waals surface area contributed by atoms with Crippen LogP contribution < -0.4 is 25.8 Å². The van der Waals surface area contributed by atoms with Gasteiger partial charge in [0.05, 0.1) is 0 Å². The van der Waals surface area contributed by atoms with Crippen LogP contribution >= 0.6 is 0 Å². The highest BCUT2D eigenvalue weighted by molar-refractivity contribution is 6.04. The molecule has 0 spiro atoms. The molecule has 0 saturated carbocycles. The molecule has 210 valence electrons. The van der Waals surface area contributed by atoms with Crippen LogP contribution in [0.15, 0.2) is 108 Å². The normalized spacial score (nSPS) is 13.0. The summed E-state index contributed by atoms with van der Waals surface area (Å²) >= 11 is 0. The minimum atomic E-state index is -0.683. The molecule has 6 rings (SSSR count). The average Bonchev–Trinajstić information content (AvgIpc) is 3.03. The molecule has 0 radical (unpaired) electrons. The van der Waals surface area contributed by atoms with Crippen molar-refractivity contribution in [3.8, 4) is 28.3 Å². The van der Waals surface area contributed by atoms with E-state index in [0.29, 0.717) is 17.0 Å². The molecule has 3 aromatic heterocycles. The Bertz CT molecular complexity index is 1770. The molecule has 0 unspecified atom stereocenters. The molecule has 1 fully saturated rings. The van der Waals surface area contributed by atoms with Gasteiger partial charge in [0, 0.05) is 79.5 Å². The first-order valence-corrected chi connectivity index (χ1v) is 13.5. The fourth-order valence-electron chi connectivity index (χ4n) is 4.75. The third-order valence-electron chi connectivity index (χ3n) is 6.92. The standard InChI is InChI=1S/C32H27FN6O3/c33-27-19-23(37-31(40)25-7-4-16-39(32(25)41)24-5-2-1-3-6-24)9-10-29(27)42-28-12-13-35-21-26(28)22-8-11-30(36-20-22)38-17-14-34-15-18-38/h1-13,16,19-21,34H,14-15,17-18H2,(H,37,40). The Morgan fingerprint density at radius 2 is 1.76 bits per heavy atom. The molecule has 1 aliphatic rings. The van der Waals surface area contributed by atoms with Crippen molar-refractivity contribution in [2.45, 2.75) is 0 Å². The number of pyridine rings is 3. The summed E-state index contributed by atoms with van der Waals surface area (Å²) in [6, 6.07) is 21.7.